The first-order chi connectivity index (χ1) is 10.3. The van der Waals surface area contributed by atoms with E-state index in [9.17, 15) is 4.79 Å². The number of furan rings is 1. The summed E-state index contributed by atoms with van der Waals surface area (Å²) in [5, 5.41) is 4.36. The summed E-state index contributed by atoms with van der Waals surface area (Å²) in [6.45, 7) is 6.24. The number of piperazine rings is 1. The molecule has 1 saturated heterocycles. The molecular weight excluding hydrogens is 264 g/mol. The highest BCUT2D eigenvalue weighted by molar-refractivity contribution is 5.87. The highest BCUT2D eigenvalue weighted by Crippen LogP contribution is 2.26. The molecule has 110 valence electrons. The molecule has 0 aliphatic carbocycles. The molecule has 2 heterocycles. The van der Waals surface area contributed by atoms with Gasteiger partial charge in [0.1, 0.15) is 5.58 Å². The zero-order chi connectivity index (χ0) is 14.7. The summed E-state index contributed by atoms with van der Waals surface area (Å²) in [4.78, 5) is 13.2. The summed E-state index contributed by atoms with van der Waals surface area (Å²) in [7, 11) is 0. The fraction of sp³-hybridized carbons (Fsp3) is 0.353. The summed E-state index contributed by atoms with van der Waals surface area (Å²) in [5.41, 5.74) is 3.22. The average Bonchev–Trinajstić information content (AvgIpc) is 2.95. The zero-order valence-electron chi connectivity index (χ0n) is 12.3. The number of hydrogen-bond acceptors (Lipinski definition) is 4. The maximum Gasteiger partial charge on any atom is 0.185 e. The lowest BCUT2D eigenvalue weighted by Crippen LogP contribution is -2.42. The quantitative estimate of drug-likeness (QED) is 0.877. The molecular formula is C17H20N2O2. The highest BCUT2D eigenvalue weighted by Gasteiger charge is 2.15. The van der Waals surface area contributed by atoms with Crippen molar-refractivity contribution in [2.75, 3.05) is 26.2 Å². The number of carbonyl (C=O) groups is 1. The number of carbonyl (C=O) groups excluding carboxylic acids is 1. The van der Waals surface area contributed by atoms with Crippen molar-refractivity contribution < 1.29 is 9.21 Å². The Morgan fingerprint density at radius 1 is 1.33 bits per heavy atom. The van der Waals surface area contributed by atoms with Crippen molar-refractivity contribution in [2.45, 2.75) is 13.3 Å². The number of benzene rings is 1. The van der Waals surface area contributed by atoms with Crippen molar-refractivity contribution in [3.8, 4) is 0 Å². The molecule has 1 aliphatic heterocycles. The number of nitrogens with zero attached hydrogens (tertiary/aromatic N) is 1. The average molecular weight is 284 g/mol. The van der Waals surface area contributed by atoms with Crippen LogP contribution in [0.4, 0.5) is 0 Å². The summed E-state index contributed by atoms with van der Waals surface area (Å²) in [5.74, 6) is 0.380. The first kappa shape index (κ1) is 13.9. The van der Waals surface area contributed by atoms with Crippen LogP contribution in [0.25, 0.3) is 16.7 Å². The summed E-state index contributed by atoms with van der Waals surface area (Å²) in [6.07, 6.45) is 4.02. The van der Waals surface area contributed by atoms with Crippen LogP contribution in [0.2, 0.25) is 0 Å². The fourth-order valence-corrected chi connectivity index (χ4v) is 2.81. The molecule has 4 heteroatoms. The van der Waals surface area contributed by atoms with E-state index in [0.717, 1.165) is 49.9 Å². The minimum Gasteiger partial charge on any atom is -0.453 e. The Kier molecular flexibility index (Phi) is 4.06. The number of rotatable bonds is 4. The Morgan fingerprint density at radius 3 is 2.86 bits per heavy atom. The third-order valence-electron chi connectivity index (χ3n) is 3.80. The monoisotopic (exact) mass is 284 g/mol. The van der Waals surface area contributed by atoms with E-state index < -0.39 is 0 Å². The standard InChI is InChI=1S/C17H20N2O2/c1-2-3-16(19-8-6-18-7-9-19)13-4-5-17-14(10-13)11-15(12-20)21-17/h3-5,10-12,18H,2,6-9H2,1H3/b16-3-. The lowest BCUT2D eigenvalue weighted by Gasteiger charge is -2.32. The molecule has 0 spiro atoms. The van der Waals surface area contributed by atoms with Crippen LogP contribution in [-0.4, -0.2) is 37.4 Å². The number of fused-ring (bicyclic) bond motifs is 1. The second-order valence-electron chi connectivity index (χ2n) is 5.25. The maximum absolute atomic E-state index is 10.8. The SMILES string of the molecule is CC/C=C(/c1ccc2oc(C=O)cc2c1)N1CCNCC1. The first-order valence-corrected chi connectivity index (χ1v) is 7.47. The van der Waals surface area contributed by atoms with Crippen molar-refractivity contribution in [1.82, 2.24) is 10.2 Å². The van der Waals surface area contributed by atoms with Gasteiger partial charge in [0, 0.05) is 37.3 Å². The Bertz CT molecular complexity index is 666. The second-order valence-corrected chi connectivity index (χ2v) is 5.25. The second kappa shape index (κ2) is 6.14. The van der Waals surface area contributed by atoms with Crippen molar-refractivity contribution in [3.05, 3.63) is 41.7 Å². The molecule has 3 rings (SSSR count). The predicted molar refractivity (Wildman–Crippen MR) is 84.3 cm³/mol. The van der Waals surface area contributed by atoms with E-state index in [4.69, 9.17) is 4.42 Å². The highest BCUT2D eigenvalue weighted by atomic mass is 16.3. The topological polar surface area (TPSA) is 45.5 Å². The third-order valence-corrected chi connectivity index (χ3v) is 3.80. The van der Waals surface area contributed by atoms with Gasteiger partial charge in [0.15, 0.2) is 12.0 Å². The number of hydrogen-bond donors (Lipinski definition) is 1. The minimum absolute atomic E-state index is 0.380. The van der Waals surface area contributed by atoms with Crippen LogP contribution >= 0.6 is 0 Å². The van der Waals surface area contributed by atoms with Gasteiger partial charge in [-0.2, -0.15) is 0 Å². The number of nitrogens with one attached hydrogen (secondary N) is 1. The van der Waals surface area contributed by atoms with Crippen molar-refractivity contribution in [1.29, 1.82) is 0 Å². The summed E-state index contributed by atoms with van der Waals surface area (Å²) < 4.78 is 5.45. The van der Waals surface area contributed by atoms with Gasteiger partial charge >= 0.3 is 0 Å². The molecule has 1 aromatic carbocycles. The molecule has 0 unspecified atom stereocenters. The molecule has 0 atom stereocenters. The van der Waals surface area contributed by atoms with Gasteiger partial charge in [-0.15, -0.1) is 0 Å². The molecule has 0 amide bonds. The minimum atomic E-state index is 0.380. The van der Waals surface area contributed by atoms with Crippen molar-refractivity contribution >= 4 is 23.0 Å². The molecule has 1 aliphatic rings. The normalized spacial score (nSPS) is 16.4. The maximum atomic E-state index is 10.8. The van der Waals surface area contributed by atoms with Crippen LogP contribution in [0.3, 0.4) is 0 Å². The van der Waals surface area contributed by atoms with Gasteiger partial charge < -0.3 is 14.6 Å². The van der Waals surface area contributed by atoms with Crippen LogP contribution in [0.15, 0.2) is 34.8 Å². The van der Waals surface area contributed by atoms with E-state index in [1.54, 1.807) is 6.07 Å². The molecule has 0 saturated carbocycles. The van der Waals surface area contributed by atoms with Gasteiger partial charge in [-0.3, -0.25) is 4.79 Å². The molecule has 1 N–H and O–H groups in total. The fourth-order valence-electron chi connectivity index (χ4n) is 2.81. The Balaban J connectivity index is 1.98. The van der Waals surface area contributed by atoms with Crippen LogP contribution in [0.5, 0.6) is 0 Å². The van der Waals surface area contributed by atoms with E-state index >= 15 is 0 Å². The van der Waals surface area contributed by atoms with E-state index in [2.05, 4.69) is 35.3 Å². The number of aldehydes is 1. The Labute approximate surface area is 124 Å². The molecule has 4 nitrogen and oxygen atoms in total. The van der Waals surface area contributed by atoms with Crippen LogP contribution in [0.1, 0.15) is 29.5 Å². The van der Waals surface area contributed by atoms with Crippen molar-refractivity contribution in [3.63, 3.8) is 0 Å². The van der Waals surface area contributed by atoms with E-state index in [1.165, 1.54) is 11.3 Å². The number of allylic oxidation sites excluding steroid dienone is 1. The smallest absolute Gasteiger partial charge is 0.185 e. The van der Waals surface area contributed by atoms with E-state index in [0.29, 0.717) is 5.76 Å². The lowest BCUT2D eigenvalue weighted by atomic mass is 10.1. The Hall–Kier alpha value is -2.07. The molecule has 1 aromatic heterocycles. The molecule has 1 fully saturated rings. The van der Waals surface area contributed by atoms with Gasteiger partial charge in [-0.1, -0.05) is 13.0 Å². The third kappa shape index (κ3) is 2.85. The largest absolute Gasteiger partial charge is 0.453 e. The summed E-state index contributed by atoms with van der Waals surface area (Å²) in [6, 6.07) is 7.93. The molecule has 0 bridgehead atoms. The predicted octanol–water partition coefficient (Wildman–Crippen LogP) is 2.90. The van der Waals surface area contributed by atoms with E-state index in [1.807, 2.05) is 6.07 Å². The zero-order valence-corrected chi connectivity index (χ0v) is 12.3. The van der Waals surface area contributed by atoms with Crippen LogP contribution in [0, 0.1) is 0 Å². The van der Waals surface area contributed by atoms with Crippen molar-refractivity contribution in [2.24, 2.45) is 0 Å². The van der Waals surface area contributed by atoms with Gasteiger partial charge in [-0.25, -0.2) is 0 Å². The summed E-state index contributed by atoms with van der Waals surface area (Å²) >= 11 is 0. The Morgan fingerprint density at radius 2 is 2.14 bits per heavy atom. The van der Waals surface area contributed by atoms with Gasteiger partial charge in [0.25, 0.3) is 0 Å². The lowest BCUT2D eigenvalue weighted by molar-refractivity contribution is 0.110. The molecule has 2 aromatic rings. The van der Waals surface area contributed by atoms with Crippen LogP contribution in [-0.2, 0) is 0 Å². The van der Waals surface area contributed by atoms with Crippen LogP contribution < -0.4 is 5.32 Å². The molecule has 21 heavy (non-hydrogen) atoms. The molecule has 0 radical (unpaired) electrons. The van der Waals surface area contributed by atoms with E-state index in [-0.39, 0.29) is 0 Å². The van der Waals surface area contributed by atoms with Gasteiger partial charge in [-0.05, 0) is 36.2 Å². The van der Waals surface area contributed by atoms with Gasteiger partial charge in [0.05, 0.1) is 0 Å². The van der Waals surface area contributed by atoms with Gasteiger partial charge in [0.2, 0.25) is 0 Å². The first-order valence-electron chi connectivity index (χ1n) is 7.47.